The van der Waals surface area contributed by atoms with Crippen molar-refractivity contribution >= 4 is 42.4 Å². The van der Waals surface area contributed by atoms with Crippen molar-refractivity contribution in [1.29, 1.82) is 0 Å². The molecule has 3 rings (SSSR count). The van der Waals surface area contributed by atoms with Crippen molar-refractivity contribution in [3.8, 4) is 0 Å². The van der Waals surface area contributed by atoms with Crippen LogP contribution in [0.4, 0.5) is 9.52 Å². The topological polar surface area (TPSA) is 70.6 Å². The summed E-state index contributed by atoms with van der Waals surface area (Å²) in [6.07, 6.45) is 1.07. The SMILES string of the molecule is CN(C)CCN(C(=O)c1ccccc1S(C)(=O)=O)c1nc2c(F)cccc2s1. The third-order valence-electron chi connectivity index (χ3n) is 4.12. The number of carbonyl (C=O) groups is 1. The number of carbonyl (C=O) groups excluding carboxylic acids is 1. The molecule has 0 unspecified atom stereocenters. The summed E-state index contributed by atoms with van der Waals surface area (Å²) in [4.78, 5) is 20.9. The van der Waals surface area contributed by atoms with Crippen LogP contribution in [0.5, 0.6) is 0 Å². The van der Waals surface area contributed by atoms with E-state index in [9.17, 15) is 17.6 Å². The van der Waals surface area contributed by atoms with Crippen molar-refractivity contribution in [3.05, 3.63) is 53.8 Å². The smallest absolute Gasteiger partial charge is 0.261 e. The Bertz CT molecular complexity index is 1130. The summed E-state index contributed by atoms with van der Waals surface area (Å²) >= 11 is 1.19. The van der Waals surface area contributed by atoms with E-state index in [0.717, 1.165) is 6.26 Å². The van der Waals surface area contributed by atoms with Gasteiger partial charge < -0.3 is 4.90 Å². The first-order valence-electron chi connectivity index (χ1n) is 8.49. The van der Waals surface area contributed by atoms with E-state index in [1.54, 1.807) is 24.3 Å². The number of likely N-dealkylation sites (N-methyl/N-ethyl adjacent to an activating group) is 1. The van der Waals surface area contributed by atoms with Gasteiger partial charge in [0.25, 0.3) is 5.91 Å². The van der Waals surface area contributed by atoms with Crippen LogP contribution in [0.1, 0.15) is 10.4 Å². The highest BCUT2D eigenvalue weighted by Crippen LogP contribution is 2.31. The van der Waals surface area contributed by atoms with Gasteiger partial charge in [-0.2, -0.15) is 0 Å². The molecule has 0 aliphatic rings. The van der Waals surface area contributed by atoms with Gasteiger partial charge in [0.05, 0.1) is 15.2 Å². The molecule has 0 spiro atoms. The summed E-state index contributed by atoms with van der Waals surface area (Å²) in [6.45, 7) is 0.816. The molecule has 1 heterocycles. The molecule has 3 aromatic rings. The maximum absolute atomic E-state index is 14.1. The van der Waals surface area contributed by atoms with E-state index in [1.807, 2.05) is 19.0 Å². The average Bonchev–Trinajstić information content (AvgIpc) is 3.06. The van der Waals surface area contributed by atoms with E-state index in [-0.39, 0.29) is 22.5 Å². The number of aromatic nitrogens is 1. The third kappa shape index (κ3) is 4.21. The van der Waals surface area contributed by atoms with E-state index in [0.29, 0.717) is 16.4 Å². The van der Waals surface area contributed by atoms with E-state index in [1.165, 1.54) is 34.4 Å². The van der Waals surface area contributed by atoms with Gasteiger partial charge in [0.15, 0.2) is 15.0 Å². The van der Waals surface area contributed by atoms with Gasteiger partial charge in [-0.05, 0) is 38.4 Å². The second-order valence-electron chi connectivity index (χ2n) is 6.61. The second-order valence-corrected chi connectivity index (χ2v) is 9.60. The normalized spacial score (nSPS) is 11.9. The predicted octanol–water partition coefficient (Wildman–Crippen LogP) is 3.05. The molecule has 0 aliphatic heterocycles. The quantitative estimate of drug-likeness (QED) is 0.612. The minimum absolute atomic E-state index is 0.0397. The van der Waals surface area contributed by atoms with E-state index in [4.69, 9.17) is 0 Å². The largest absolute Gasteiger partial charge is 0.308 e. The van der Waals surface area contributed by atoms with Crippen LogP contribution in [0.3, 0.4) is 0 Å². The zero-order chi connectivity index (χ0) is 20.5. The number of halogens is 1. The highest BCUT2D eigenvalue weighted by Gasteiger charge is 2.26. The lowest BCUT2D eigenvalue weighted by atomic mass is 10.2. The Labute approximate surface area is 167 Å². The number of para-hydroxylation sites is 1. The molecule has 148 valence electrons. The molecule has 1 aromatic heterocycles. The molecule has 2 aromatic carbocycles. The summed E-state index contributed by atoms with van der Waals surface area (Å²) in [5, 5.41) is 0.329. The predicted molar refractivity (Wildman–Crippen MR) is 109 cm³/mol. The Kier molecular flexibility index (Phi) is 5.78. The standard InChI is InChI=1S/C19H20FN3O3S2/c1-22(2)11-12-23(19-21-17-14(20)8-6-9-15(17)27-19)18(24)13-7-4-5-10-16(13)28(3,25)26/h4-10H,11-12H2,1-3H3. The number of nitrogens with zero attached hydrogens (tertiary/aromatic N) is 3. The fourth-order valence-electron chi connectivity index (χ4n) is 2.71. The van der Waals surface area contributed by atoms with E-state index >= 15 is 0 Å². The van der Waals surface area contributed by atoms with Gasteiger partial charge in [-0.3, -0.25) is 9.69 Å². The van der Waals surface area contributed by atoms with E-state index < -0.39 is 21.6 Å². The van der Waals surface area contributed by atoms with Crippen LogP contribution in [-0.2, 0) is 9.84 Å². The molecule has 9 heteroatoms. The number of hydrogen-bond acceptors (Lipinski definition) is 6. The van der Waals surface area contributed by atoms with Crippen molar-refractivity contribution in [2.45, 2.75) is 4.90 Å². The molecule has 0 saturated heterocycles. The Morgan fingerprint density at radius 3 is 2.46 bits per heavy atom. The molecular weight excluding hydrogens is 401 g/mol. The van der Waals surface area contributed by atoms with Crippen molar-refractivity contribution < 1.29 is 17.6 Å². The van der Waals surface area contributed by atoms with Gasteiger partial charge in [-0.15, -0.1) is 0 Å². The van der Waals surface area contributed by atoms with Gasteiger partial charge in [0.2, 0.25) is 0 Å². The van der Waals surface area contributed by atoms with Crippen LogP contribution >= 0.6 is 11.3 Å². The number of amides is 1. The number of rotatable bonds is 6. The fourth-order valence-corrected chi connectivity index (χ4v) is 4.60. The monoisotopic (exact) mass is 421 g/mol. The average molecular weight is 422 g/mol. The van der Waals surface area contributed by atoms with Crippen LogP contribution in [0.2, 0.25) is 0 Å². The summed E-state index contributed by atoms with van der Waals surface area (Å²) < 4.78 is 38.9. The Morgan fingerprint density at radius 1 is 1.11 bits per heavy atom. The molecular formula is C19H20FN3O3S2. The van der Waals surface area contributed by atoms with Crippen molar-refractivity contribution in [3.63, 3.8) is 0 Å². The lowest BCUT2D eigenvalue weighted by Gasteiger charge is -2.22. The van der Waals surface area contributed by atoms with Gasteiger partial charge in [-0.25, -0.2) is 17.8 Å². The van der Waals surface area contributed by atoms with Crippen LogP contribution in [0, 0.1) is 5.82 Å². The lowest BCUT2D eigenvalue weighted by molar-refractivity contribution is 0.0982. The summed E-state index contributed by atoms with van der Waals surface area (Å²) in [6, 6.07) is 10.7. The van der Waals surface area contributed by atoms with Crippen molar-refractivity contribution in [1.82, 2.24) is 9.88 Å². The summed E-state index contributed by atoms with van der Waals surface area (Å²) in [7, 11) is 0.141. The van der Waals surface area contributed by atoms with Crippen molar-refractivity contribution in [2.24, 2.45) is 0 Å². The number of sulfone groups is 1. The lowest BCUT2D eigenvalue weighted by Crippen LogP contribution is -2.37. The molecule has 0 saturated carbocycles. The second kappa shape index (κ2) is 7.94. The molecule has 0 N–H and O–H groups in total. The number of benzene rings is 2. The minimum atomic E-state index is -3.59. The molecule has 0 atom stereocenters. The van der Waals surface area contributed by atoms with Crippen LogP contribution in [0.15, 0.2) is 47.4 Å². The Balaban J connectivity index is 2.10. The summed E-state index contributed by atoms with van der Waals surface area (Å²) in [5.41, 5.74) is 0.269. The van der Waals surface area contributed by atoms with Crippen LogP contribution in [-0.4, -0.2) is 57.6 Å². The minimum Gasteiger partial charge on any atom is -0.308 e. The molecule has 1 amide bonds. The van der Waals surface area contributed by atoms with Crippen LogP contribution in [0.25, 0.3) is 10.2 Å². The molecule has 28 heavy (non-hydrogen) atoms. The highest BCUT2D eigenvalue weighted by molar-refractivity contribution is 7.90. The van der Waals surface area contributed by atoms with Gasteiger partial charge in [0, 0.05) is 19.3 Å². The highest BCUT2D eigenvalue weighted by atomic mass is 32.2. The van der Waals surface area contributed by atoms with Crippen molar-refractivity contribution in [2.75, 3.05) is 38.3 Å². The third-order valence-corrected chi connectivity index (χ3v) is 6.32. The molecule has 0 radical (unpaired) electrons. The van der Waals surface area contributed by atoms with Gasteiger partial charge in [-0.1, -0.05) is 29.5 Å². The zero-order valence-electron chi connectivity index (χ0n) is 15.7. The van der Waals surface area contributed by atoms with Gasteiger partial charge in [0.1, 0.15) is 11.3 Å². The van der Waals surface area contributed by atoms with Crippen LogP contribution < -0.4 is 4.90 Å². The molecule has 0 fully saturated rings. The fraction of sp³-hybridized carbons (Fsp3) is 0.263. The maximum atomic E-state index is 14.1. The number of hydrogen-bond donors (Lipinski definition) is 0. The number of anilines is 1. The first-order chi connectivity index (χ1) is 13.2. The Morgan fingerprint density at radius 2 is 1.82 bits per heavy atom. The molecule has 0 bridgehead atoms. The Hall–Kier alpha value is -2.36. The first kappa shape index (κ1) is 20.4. The zero-order valence-corrected chi connectivity index (χ0v) is 17.3. The maximum Gasteiger partial charge on any atom is 0.261 e. The summed E-state index contributed by atoms with van der Waals surface area (Å²) in [5.74, 6) is -0.945. The first-order valence-corrected chi connectivity index (χ1v) is 11.2. The number of thiazole rings is 1. The number of fused-ring (bicyclic) bond motifs is 1. The molecule has 6 nitrogen and oxygen atoms in total. The van der Waals surface area contributed by atoms with Gasteiger partial charge >= 0.3 is 0 Å². The molecule has 0 aliphatic carbocycles. The van der Waals surface area contributed by atoms with E-state index in [2.05, 4.69) is 4.98 Å².